The Balaban J connectivity index is 1.05. The van der Waals surface area contributed by atoms with Gasteiger partial charge in [-0.15, -0.1) is 0 Å². The minimum atomic E-state index is 0.566. The van der Waals surface area contributed by atoms with Crippen LogP contribution in [-0.4, -0.2) is 15.0 Å². The van der Waals surface area contributed by atoms with Crippen LogP contribution in [0.5, 0.6) is 0 Å². The van der Waals surface area contributed by atoms with Crippen LogP contribution in [-0.2, 0) is 0 Å². The van der Waals surface area contributed by atoms with Gasteiger partial charge in [0.25, 0.3) is 0 Å². The van der Waals surface area contributed by atoms with Crippen molar-refractivity contribution in [3.8, 4) is 45.3 Å². The maximum atomic E-state index is 6.44. The molecule has 11 aromatic rings. The third-order valence-electron chi connectivity index (χ3n) is 11.2. The quantitative estimate of drug-likeness (QED) is 0.182. The first kappa shape index (κ1) is 30.8. The molecule has 0 fully saturated rings. The Hall–Kier alpha value is -7.63. The number of fused-ring (bicyclic) bond motifs is 7. The summed E-state index contributed by atoms with van der Waals surface area (Å²) in [7, 11) is 0. The number of aromatic nitrogens is 3. The molecule has 0 aliphatic carbocycles. The fraction of sp³-hybridized carbons (Fsp3) is 0. The minimum absolute atomic E-state index is 0.566. The summed E-state index contributed by atoms with van der Waals surface area (Å²) in [6.45, 7) is 0. The van der Waals surface area contributed by atoms with Crippen molar-refractivity contribution in [2.45, 2.75) is 0 Å². The molecule has 0 atom stereocenters. The standard InChI is InChI=1S/C51H30N4O/c1-2-11-33(12-3-1)49-52-50(54-51(53-49)42-20-10-19-41-39-17-6-7-22-46(39)56-48(41)42)36-24-23-31-25-26-38(28-37(31)27-36)55-44-21-9-16-32-15-8-18-40(47(32)44)43-29-34-13-4-5-14-35(34)30-45(43)55/h1-30H. The molecule has 0 amide bonds. The molecule has 5 nitrogen and oxygen atoms in total. The van der Waals surface area contributed by atoms with Crippen LogP contribution < -0.4 is 4.90 Å². The second-order valence-electron chi connectivity index (χ2n) is 14.4. The van der Waals surface area contributed by atoms with E-state index in [1.807, 2.05) is 60.7 Å². The van der Waals surface area contributed by atoms with Gasteiger partial charge in [0.1, 0.15) is 11.2 Å². The van der Waals surface area contributed by atoms with Crippen LogP contribution >= 0.6 is 0 Å². The van der Waals surface area contributed by atoms with Crippen LogP contribution in [0.3, 0.4) is 0 Å². The number of para-hydroxylation sites is 2. The highest BCUT2D eigenvalue weighted by atomic mass is 16.3. The summed E-state index contributed by atoms with van der Waals surface area (Å²) in [6.07, 6.45) is 0. The largest absolute Gasteiger partial charge is 0.455 e. The third kappa shape index (κ3) is 4.71. The fourth-order valence-electron chi connectivity index (χ4n) is 8.55. The predicted molar refractivity (Wildman–Crippen MR) is 230 cm³/mol. The number of furan rings is 1. The Morgan fingerprint density at radius 2 is 1.05 bits per heavy atom. The number of rotatable bonds is 4. The molecule has 0 spiro atoms. The Kier molecular flexibility index (Phi) is 6.56. The zero-order valence-electron chi connectivity index (χ0n) is 30.0. The summed E-state index contributed by atoms with van der Waals surface area (Å²) in [4.78, 5) is 17.7. The monoisotopic (exact) mass is 714 g/mol. The van der Waals surface area contributed by atoms with E-state index < -0.39 is 0 Å². The summed E-state index contributed by atoms with van der Waals surface area (Å²) in [5.74, 6) is 1.77. The average Bonchev–Trinajstić information content (AvgIpc) is 3.65. The summed E-state index contributed by atoms with van der Waals surface area (Å²) in [6, 6.07) is 64.1. The smallest absolute Gasteiger partial charge is 0.167 e. The van der Waals surface area contributed by atoms with Crippen molar-refractivity contribution in [3.63, 3.8) is 0 Å². The number of hydrogen-bond donors (Lipinski definition) is 0. The van der Waals surface area contributed by atoms with E-state index >= 15 is 0 Å². The van der Waals surface area contributed by atoms with E-state index in [1.165, 1.54) is 44.0 Å². The van der Waals surface area contributed by atoms with E-state index in [4.69, 9.17) is 19.4 Å². The summed E-state index contributed by atoms with van der Waals surface area (Å²) < 4.78 is 6.44. The molecule has 2 aromatic heterocycles. The molecular weight excluding hydrogens is 685 g/mol. The first-order valence-corrected chi connectivity index (χ1v) is 18.8. The van der Waals surface area contributed by atoms with Crippen molar-refractivity contribution in [1.29, 1.82) is 0 Å². The second-order valence-corrected chi connectivity index (χ2v) is 14.4. The molecule has 260 valence electrons. The van der Waals surface area contributed by atoms with Crippen molar-refractivity contribution in [2.75, 3.05) is 4.90 Å². The van der Waals surface area contributed by atoms with Gasteiger partial charge < -0.3 is 9.32 Å². The van der Waals surface area contributed by atoms with Gasteiger partial charge in [-0.05, 0) is 81.0 Å². The highest BCUT2D eigenvalue weighted by Gasteiger charge is 2.27. The molecule has 0 radical (unpaired) electrons. The zero-order chi connectivity index (χ0) is 36.7. The van der Waals surface area contributed by atoms with Gasteiger partial charge in [0, 0.05) is 38.5 Å². The lowest BCUT2D eigenvalue weighted by molar-refractivity contribution is 0.669. The van der Waals surface area contributed by atoms with E-state index in [0.717, 1.165) is 55.1 Å². The highest BCUT2D eigenvalue weighted by Crippen LogP contribution is 2.52. The number of hydrogen-bond acceptors (Lipinski definition) is 5. The van der Waals surface area contributed by atoms with Crippen molar-refractivity contribution in [1.82, 2.24) is 15.0 Å². The van der Waals surface area contributed by atoms with Gasteiger partial charge in [-0.2, -0.15) is 0 Å². The summed E-state index contributed by atoms with van der Waals surface area (Å²) in [5, 5.41) is 9.26. The molecule has 0 N–H and O–H groups in total. The number of anilines is 3. The van der Waals surface area contributed by atoms with Crippen molar-refractivity contribution in [2.24, 2.45) is 0 Å². The molecule has 5 heteroatoms. The van der Waals surface area contributed by atoms with Gasteiger partial charge in [0.05, 0.1) is 16.9 Å². The second kappa shape index (κ2) is 11.9. The Bertz CT molecular complexity index is 3380. The Morgan fingerprint density at radius 3 is 1.95 bits per heavy atom. The van der Waals surface area contributed by atoms with Crippen LogP contribution in [0.25, 0.3) is 99.5 Å². The van der Waals surface area contributed by atoms with Crippen LogP contribution in [0.1, 0.15) is 0 Å². The molecule has 9 aromatic carbocycles. The third-order valence-corrected chi connectivity index (χ3v) is 11.2. The van der Waals surface area contributed by atoms with Crippen LogP contribution in [0.15, 0.2) is 186 Å². The van der Waals surface area contributed by atoms with Crippen LogP contribution in [0.4, 0.5) is 17.1 Å². The molecule has 1 aliphatic heterocycles. The predicted octanol–water partition coefficient (Wildman–Crippen LogP) is 13.7. The topological polar surface area (TPSA) is 55.1 Å². The van der Waals surface area contributed by atoms with Gasteiger partial charge in [0.15, 0.2) is 17.5 Å². The fourth-order valence-corrected chi connectivity index (χ4v) is 8.55. The number of benzene rings is 9. The molecule has 0 bridgehead atoms. The molecule has 56 heavy (non-hydrogen) atoms. The van der Waals surface area contributed by atoms with E-state index in [9.17, 15) is 0 Å². The molecule has 0 unspecified atom stereocenters. The SMILES string of the molecule is c1ccc(-c2nc(-c3ccc4ccc(N5c6cc7ccccc7cc6-c6cccc7cccc5c67)cc4c3)nc(-c3cccc4c3oc3ccccc34)n2)cc1. The van der Waals surface area contributed by atoms with Gasteiger partial charge in [0.2, 0.25) is 0 Å². The van der Waals surface area contributed by atoms with Crippen molar-refractivity contribution < 1.29 is 4.42 Å². The average molecular weight is 715 g/mol. The van der Waals surface area contributed by atoms with E-state index in [2.05, 4.69) is 126 Å². The normalized spacial score (nSPS) is 12.2. The van der Waals surface area contributed by atoms with Crippen molar-refractivity contribution >= 4 is 71.3 Å². The molecule has 0 saturated carbocycles. The molecular formula is C51H30N4O. The summed E-state index contributed by atoms with van der Waals surface area (Å²) in [5.41, 5.74) is 10.2. The number of nitrogens with zero attached hydrogens (tertiary/aromatic N) is 4. The highest BCUT2D eigenvalue weighted by molar-refractivity contribution is 6.16. The van der Waals surface area contributed by atoms with Gasteiger partial charge in [-0.3, -0.25) is 0 Å². The van der Waals surface area contributed by atoms with Crippen LogP contribution in [0.2, 0.25) is 0 Å². The minimum Gasteiger partial charge on any atom is -0.455 e. The molecule has 3 heterocycles. The first-order chi connectivity index (χ1) is 27.7. The lowest BCUT2D eigenvalue weighted by Crippen LogP contribution is -2.15. The maximum Gasteiger partial charge on any atom is 0.167 e. The van der Waals surface area contributed by atoms with E-state index in [-0.39, 0.29) is 0 Å². The first-order valence-electron chi connectivity index (χ1n) is 18.8. The maximum absolute atomic E-state index is 6.44. The Labute approximate surface area is 321 Å². The van der Waals surface area contributed by atoms with Gasteiger partial charge in [-0.1, -0.05) is 133 Å². The molecule has 1 aliphatic rings. The van der Waals surface area contributed by atoms with Gasteiger partial charge in [-0.25, -0.2) is 15.0 Å². The molecule has 12 rings (SSSR count). The molecule has 0 saturated heterocycles. The zero-order valence-corrected chi connectivity index (χ0v) is 30.0. The van der Waals surface area contributed by atoms with Gasteiger partial charge >= 0.3 is 0 Å². The summed E-state index contributed by atoms with van der Waals surface area (Å²) >= 11 is 0. The van der Waals surface area contributed by atoms with E-state index in [1.54, 1.807) is 0 Å². The van der Waals surface area contributed by atoms with Crippen LogP contribution in [0, 0.1) is 0 Å². The lowest BCUT2D eigenvalue weighted by atomic mass is 9.89. The van der Waals surface area contributed by atoms with Crippen molar-refractivity contribution in [3.05, 3.63) is 182 Å². The Morgan fingerprint density at radius 1 is 0.375 bits per heavy atom. The van der Waals surface area contributed by atoms with E-state index in [0.29, 0.717) is 17.5 Å². The lowest BCUT2D eigenvalue weighted by Gasteiger charge is -2.34.